The van der Waals surface area contributed by atoms with E-state index in [1.54, 1.807) is 30.1 Å². The highest BCUT2D eigenvalue weighted by Crippen LogP contribution is 2.17. The number of aromatic nitrogens is 1. The summed E-state index contributed by atoms with van der Waals surface area (Å²) in [6, 6.07) is 15.0. The summed E-state index contributed by atoms with van der Waals surface area (Å²) in [5, 5.41) is 0. The minimum atomic E-state index is -0.429. The van der Waals surface area contributed by atoms with Crippen LogP contribution in [-0.4, -0.2) is 21.9 Å². The van der Waals surface area contributed by atoms with E-state index in [0.29, 0.717) is 29.8 Å². The molecular weight excluding hydrogens is 292 g/mol. The Kier molecular flexibility index (Phi) is 4.02. The topological polar surface area (TPSA) is 55.5 Å². The van der Waals surface area contributed by atoms with Crippen LogP contribution < -0.4 is 5.76 Å². The molecule has 0 fully saturated rings. The second-order valence-electron chi connectivity index (χ2n) is 5.41. The molecule has 5 nitrogen and oxygen atoms in total. The van der Waals surface area contributed by atoms with Crippen molar-refractivity contribution in [1.29, 1.82) is 0 Å². The standard InChI is InChI=1S/C18H18N2O3/c1-3-20(12-13-7-5-4-6-8-13)17(21)14-9-10-15-16(11-14)23-18(22)19(15)2/h4-11H,3,12H2,1-2H3. The molecule has 1 aromatic heterocycles. The van der Waals surface area contributed by atoms with Gasteiger partial charge in [0.2, 0.25) is 0 Å². The maximum absolute atomic E-state index is 12.7. The van der Waals surface area contributed by atoms with Gasteiger partial charge in [-0.2, -0.15) is 0 Å². The number of aryl methyl sites for hydroxylation is 1. The van der Waals surface area contributed by atoms with Crippen molar-refractivity contribution in [2.75, 3.05) is 6.54 Å². The van der Waals surface area contributed by atoms with E-state index in [2.05, 4.69) is 0 Å². The van der Waals surface area contributed by atoms with Crippen molar-refractivity contribution in [2.45, 2.75) is 13.5 Å². The van der Waals surface area contributed by atoms with Crippen LogP contribution in [0, 0.1) is 0 Å². The average Bonchev–Trinajstić information content (AvgIpc) is 2.87. The fourth-order valence-electron chi connectivity index (χ4n) is 2.58. The summed E-state index contributed by atoms with van der Waals surface area (Å²) in [4.78, 5) is 26.0. The van der Waals surface area contributed by atoms with Gasteiger partial charge in [0.25, 0.3) is 5.91 Å². The van der Waals surface area contributed by atoms with Gasteiger partial charge in [-0.05, 0) is 30.7 Å². The van der Waals surface area contributed by atoms with Gasteiger partial charge in [0.1, 0.15) is 0 Å². The number of amides is 1. The van der Waals surface area contributed by atoms with Crippen LogP contribution in [-0.2, 0) is 13.6 Å². The normalized spacial score (nSPS) is 10.9. The fraction of sp³-hybridized carbons (Fsp3) is 0.222. The van der Waals surface area contributed by atoms with Gasteiger partial charge in [0, 0.05) is 25.7 Å². The molecule has 1 heterocycles. The SMILES string of the molecule is CCN(Cc1ccccc1)C(=O)c1ccc2c(c1)oc(=O)n2C. The van der Waals surface area contributed by atoms with Gasteiger partial charge in [-0.15, -0.1) is 0 Å². The first-order valence-electron chi connectivity index (χ1n) is 7.53. The third-order valence-electron chi connectivity index (χ3n) is 3.92. The molecule has 3 aromatic rings. The lowest BCUT2D eigenvalue weighted by Crippen LogP contribution is -2.30. The summed E-state index contributed by atoms with van der Waals surface area (Å²) in [6.45, 7) is 3.10. The smallest absolute Gasteiger partial charge is 0.408 e. The zero-order chi connectivity index (χ0) is 16.4. The van der Waals surface area contributed by atoms with E-state index in [1.165, 1.54) is 4.57 Å². The summed E-state index contributed by atoms with van der Waals surface area (Å²) >= 11 is 0. The third kappa shape index (κ3) is 2.90. The number of oxazole rings is 1. The molecule has 0 aliphatic heterocycles. The minimum Gasteiger partial charge on any atom is -0.408 e. The maximum atomic E-state index is 12.7. The molecule has 0 saturated carbocycles. The highest BCUT2D eigenvalue weighted by molar-refractivity contribution is 5.97. The molecule has 0 atom stereocenters. The van der Waals surface area contributed by atoms with Crippen LogP contribution in [0.1, 0.15) is 22.8 Å². The van der Waals surface area contributed by atoms with Gasteiger partial charge in [-0.3, -0.25) is 9.36 Å². The first kappa shape index (κ1) is 15.1. The van der Waals surface area contributed by atoms with Crippen molar-refractivity contribution in [1.82, 2.24) is 9.47 Å². The van der Waals surface area contributed by atoms with Gasteiger partial charge in [-0.1, -0.05) is 30.3 Å². The summed E-state index contributed by atoms with van der Waals surface area (Å²) in [5.41, 5.74) is 2.71. The molecule has 0 N–H and O–H groups in total. The monoisotopic (exact) mass is 310 g/mol. The molecule has 2 aromatic carbocycles. The molecule has 3 rings (SSSR count). The minimum absolute atomic E-state index is 0.0789. The first-order chi connectivity index (χ1) is 11.1. The van der Waals surface area contributed by atoms with Gasteiger partial charge >= 0.3 is 5.76 Å². The Hall–Kier alpha value is -2.82. The van der Waals surface area contributed by atoms with Crippen LogP contribution in [0.2, 0.25) is 0 Å². The van der Waals surface area contributed by atoms with Crippen molar-refractivity contribution in [2.24, 2.45) is 7.05 Å². The number of benzene rings is 2. The number of carbonyl (C=O) groups excluding carboxylic acids is 1. The second kappa shape index (κ2) is 6.12. The fourth-order valence-corrected chi connectivity index (χ4v) is 2.58. The Bertz CT molecular complexity index is 894. The second-order valence-corrected chi connectivity index (χ2v) is 5.41. The van der Waals surface area contributed by atoms with Crippen LogP contribution in [0.3, 0.4) is 0 Å². The van der Waals surface area contributed by atoms with E-state index in [1.807, 2.05) is 37.3 Å². The highest BCUT2D eigenvalue weighted by atomic mass is 16.4. The predicted molar refractivity (Wildman–Crippen MR) is 88.3 cm³/mol. The van der Waals surface area contributed by atoms with Crippen LogP contribution in [0.25, 0.3) is 11.1 Å². The molecule has 0 unspecified atom stereocenters. The molecule has 0 aliphatic carbocycles. The summed E-state index contributed by atoms with van der Waals surface area (Å²) < 4.78 is 6.58. The lowest BCUT2D eigenvalue weighted by Gasteiger charge is -2.21. The Labute approximate surface area is 133 Å². The predicted octanol–water partition coefficient (Wildman–Crippen LogP) is 2.79. The summed E-state index contributed by atoms with van der Waals surface area (Å²) in [5.74, 6) is -0.508. The molecule has 0 saturated heterocycles. The number of rotatable bonds is 4. The number of fused-ring (bicyclic) bond motifs is 1. The van der Waals surface area contributed by atoms with E-state index in [0.717, 1.165) is 5.56 Å². The van der Waals surface area contributed by atoms with Crippen LogP contribution in [0.5, 0.6) is 0 Å². The molecular formula is C18H18N2O3. The van der Waals surface area contributed by atoms with Gasteiger partial charge < -0.3 is 9.32 Å². The van der Waals surface area contributed by atoms with Crippen LogP contribution >= 0.6 is 0 Å². The quantitative estimate of drug-likeness (QED) is 0.744. The zero-order valence-electron chi connectivity index (χ0n) is 13.2. The molecule has 5 heteroatoms. The first-order valence-corrected chi connectivity index (χ1v) is 7.53. The number of nitrogens with zero attached hydrogens (tertiary/aromatic N) is 2. The van der Waals surface area contributed by atoms with E-state index < -0.39 is 5.76 Å². The number of hydrogen-bond acceptors (Lipinski definition) is 3. The van der Waals surface area contributed by atoms with Crippen molar-refractivity contribution < 1.29 is 9.21 Å². The number of carbonyl (C=O) groups is 1. The molecule has 0 aliphatic rings. The molecule has 0 radical (unpaired) electrons. The van der Waals surface area contributed by atoms with Crippen LogP contribution in [0.4, 0.5) is 0 Å². The summed E-state index contributed by atoms with van der Waals surface area (Å²) in [6.07, 6.45) is 0. The van der Waals surface area contributed by atoms with Crippen LogP contribution in [0.15, 0.2) is 57.7 Å². The van der Waals surface area contributed by atoms with E-state index in [-0.39, 0.29) is 5.91 Å². The van der Waals surface area contributed by atoms with Crippen molar-refractivity contribution in [3.05, 3.63) is 70.2 Å². The molecule has 118 valence electrons. The molecule has 0 bridgehead atoms. The van der Waals surface area contributed by atoms with Crippen molar-refractivity contribution in [3.63, 3.8) is 0 Å². The van der Waals surface area contributed by atoms with E-state index in [9.17, 15) is 9.59 Å². The van der Waals surface area contributed by atoms with E-state index in [4.69, 9.17) is 4.42 Å². The third-order valence-corrected chi connectivity index (χ3v) is 3.92. The van der Waals surface area contributed by atoms with Gasteiger partial charge in [0.05, 0.1) is 5.52 Å². The van der Waals surface area contributed by atoms with E-state index >= 15 is 0 Å². The largest absolute Gasteiger partial charge is 0.419 e. The maximum Gasteiger partial charge on any atom is 0.419 e. The molecule has 23 heavy (non-hydrogen) atoms. The lowest BCUT2D eigenvalue weighted by atomic mass is 10.1. The highest BCUT2D eigenvalue weighted by Gasteiger charge is 2.16. The Morgan fingerprint density at radius 2 is 1.91 bits per heavy atom. The average molecular weight is 310 g/mol. The zero-order valence-corrected chi connectivity index (χ0v) is 13.2. The Balaban J connectivity index is 1.90. The summed E-state index contributed by atoms with van der Waals surface area (Å²) in [7, 11) is 1.64. The van der Waals surface area contributed by atoms with Crippen molar-refractivity contribution in [3.8, 4) is 0 Å². The molecule has 0 spiro atoms. The van der Waals surface area contributed by atoms with Crippen molar-refractivity contribution >= 4 is 17.0 Å². The lowest BCUT2D eigenvalue weighted by molar-refractivity contribution is 0.0752. The van der Waals surface area contributed by atoms with Gasteiger partial charge in [0.15, 0.2) is 5.58 Å². The van der Waals surface area contributed by atoms with Gasteiger partial charge in [-0.25, -0.2) is 4.79 Å². The Morgan fingerprint density at radius 3 is 2.61 bits per heavy atom. The molecule has 1 amide bonds. The Morgan fingerprint density at radius 1 is 1.17 bits per heavy atom. The number of hydrogen-bond donors (Lipinski definition) is 0.